The molecule has 1 aliphatic rings. The predicted octanol–water partition coefficient (Wildman–Crippen LogP) is 3.34. The number of H-pyrrole nitrogens is 1. The lowest BCUT2D eigenvalue weighted by molar-refractivity contribution is 1.04. The highest BCUT2D eigenvalue weighted by molar-refractivity contribution is 6.16. The molecule has 2 aromatic carbocycles. The summed E-state index contributed by atoms with van der Waals surface area (Å²) in [6, 6.07) is 16.8. The van der Waals surface area contributed by atoms with Crippen LogP contribution >= 0.6 is 0 Å². The van der Waals surface area contributed by atoms with Crippen LogP contribution in [0.1, 0.15) is 11.1 Å². The second kappa shape index (κ2) is 5.48. The summed E-state index contributed by atoms with van der Waals surface area (Å²) in [5.74, 6) is 0. The van der Waals surface area contributed by atoms with E-state index in [0.29, 0.717) is 0 Å². The van der Waals surface area contributed by atoms with Crippen LogP contribution in [0, 0.1) is 0 Å². The molecule has 0 unspecified atom stereocenters. The molecule has 0 aliphatic carbocycles. The van der Waals surface area contributed by atoms with Crippen LogP contribution in [0.2, 0.25) is 0 Å². The molecular weight excluding hydrogens is 272 g/mol. The molecule has 4 heteroatoms. The van der Waals surface area contributed by atoms with Crippen LogP contribution in [0.5, 0.6) is 0 Å². The topological polar surface area (TPSA) is 53.1 Å². The molecule has 0 bridgehead atoms. The second-order valence-electron chi connectivity index (χ2n) is 5.27. The molecule has 2 N–H and O–H groups in total. The van der Waals surface area contributed by atoms with Crippen LogP contribution in [0.15, 0.2) is 65.9 Å². The van der Waals surface area contributed by atoms with Gasteiger partial charge in [0.05, 0.1) is 18.5 Å². The van der Waals surface area contributed by atoms with Gasteiger partial charge in [-0.05, 0) is 17.7 Å². The van der Waals surface area contributed by atoms with Gasteiger partial charge in [-0.3, -0.25) is 10.1 Å². The van der Waals surface area contributed by atoms with Gasteiger partial charge >= 0.3 is 0 Å². The fourth-order valence-corrected chi connectivity index (χ4v) is 2.77. The van der Waals surface area contributed by atoms with Crippen molar-refractivity contribution in [3.05, 3.63) is 72.1 Å². The molecule has 108 valence electrons. The summed E-state index contributed by atoms with van der Waals surface area (Å²) in [6.07, 6.45) is 3.75. The van der Waals surface area contributed by atoms with Crippen molar-refractivity contribution in [1.29, 1.82) is 0 Å². The third kappa shape index (κ3) is 2.29. The molecule has 4 rings (SSSR count). The molecule has 0 saturated heterocycles. The van der Waals surface area contributed by atoms with Crippen LogP contribution in [-0.2, 0) is 0 Å². The van der Waals surface area contributed by atoms with Crippen molar-refractivity contribution < 1.29 is 0 Å². The Hall–Kier alpha value is -2.88. The van der Waals surface area contributed by atoms with E-state index in [1.807, 2.05) is 18.5 Å². The second-order valence-corrected chi connectivity index (χ2v) is 5.27. The van der Waals surface area contributed by atoms with Crippen molar-refractivity contribution in [2.75, 3.05) is 18.4 Å². The minimum Gasteiger partial charge on any atom is -0.383 e. The number of aliphatic imine (C=N–C) groups is 1. The van der Waals surface area contributed by atoms with Crippen molar-refractivity contribution in [3.8, 4) is 11.1 Å². The van der Waals surface area contributed by atoms with E-state index < -0.39 is 0 Å². The van der Waals surface area contributed by atoms with E-state index in [9.17, 15) is 0 Å². The molecule has 0 atom stereocenters. The lowest BCUT2D eigenvalue weighted by Gasteiger charge is -2.12. The van der Waals surface area contributed by atoms with Crippen LogP contribution in [0.4, 0.5) is 5.69 Å². The van der Waals surface area contributed by atoms with E-state index in [0.717, 1.165) is 46.7 Å². The molecule has 1 aromatic heterocycles. The fraction of sp³-hybridized carbons (Fsp3) is 0.111. The molecule has 0 amide bonds. The minimum absolute atomic E-state index is 0.778. The van der Waals surface area contributed by atoms with E-state index in [2.05, 4.69) is 58.0 Å². The van der Waals surface area contributed by atoms with Crippen molar-refractivity contribution in [1.82, 2.24) is 10.2 Å². The zero-order valence-corrected chi connectivity index (χ0v) is 12.1. The van der Waals surface area contributed by atoms with Crippen LogP contribution < -0.4 is 5.32 Å². The average molecular weight is 288 g/mol. The van der Waals surface area contributed by atoms with Gasteiger partial charge in [-0.25, -0.2) is 0 Å². The highest BCUT2D eigenvalue weighted by Crippen LogP contribution is 2.28. The first-order valence-corrected chi connectivity index (χ1v) is 7.39. The molecule has 0 fully saturated rings. The molecule has 22 heavy (non-hydrogen) atoms. The minimum atomic E-state index is 0.778. The van der Waals surface area contributed by atoms with Crippen LogP contribution in [0.3, 0.4) is 0 Å². The largest absolute Gasteiger partial charge is 0.383 e. The molecule has 2 heterocycles. The van der Waals surface area contributed by atoms with Gasteiger partial charge in [0.25, 0.3) is 0 Å². The van der Waals surface area contributed by atoms with E-state index in [-0.39, 0.29) is 0 Å². The van der Waals surface area contributed by atoms with Gasteiger partial charge in [-0.15, -0.1) is 0 Å². The first kappa shape index (κ1) is 12.8. The highest BCUT2D eigenvalue weighted by atomic mass is 15.1. The fourth-order valence-electron chi connectivity index (χ4n) is 2.77. The summed E-state index contributed by atoms with van der Waals surface area (Å²) >= 11 is 0. The van der Waals surface area contributed by atoms with Gasteiger partial charge < -0.3 is 5.32 Å². The first-order chi connectivity index (χ1) is 10.9. The summed E-state index contributed by atoms with van der Waals surface area (Å²) < 4.78 is 0. The molecule has 4 nitrogen and oxygen atoms in total. The zero-order chi connectivity index (χ0) is 14.8. The van der Waals surface area contributed by atoms with Gasteiger partial charge in [0, 0.05) is 35.1 Å². The zero-order valence-electron chi connectivity index (χ0n) is 12.1. The monoisotopic (exact) mass is 288 g/mol. The lowest BCUT2D eigenvalue weighted by atomic mass is 9.97. The van der Waals surface area contributed by atoms with E-state index in [1.54, 1.807) is 0 Å². The van der Waals surface area contributed by atoms with Crippen molar-refractivity contribution >= 4 is 11.4 Å². The number of hydrogen-bond acceptors (Lipinski definition) is 3. The van der Waals surface area contributed by atoms with Gasteiger partial charge in [0.2, 0.25) is 0 Å². The molecule has 3 aromatic rings. The number of benzene rings is 2. The van der Waals surface area contributed by atoms with E-state index in [4.69, 9.17) is 4.99 Å². The van der Waals surface area contributed by atoms with Gasteiger partial charge in [0.1, 0.15) is 0 Å². The third-order valence-corrected chi connectivity index (χ3v) is 3.85. The van der Waals surface area contributed by atoms with Gasteiger partial charge in [0.15, 0.2) is 0 Å². The number of aromatic amines is 1. The SMILES string of the molecule is c1ccc(C2=NCCNc3ccc(-c4cn[nH]c4)cc32)cc1. The number of nitrogens with zero attached hydrogens (tertiary/aromatic N) is 2. The Bertz CT molecular complexity index is 804. The van der Waals surface area contributed by atoms with E-state index >= 15 is 0 Å². The number of fused-ring (bicyclic) bond motifs is 1. The number of anilines is 1. The maximum absolute atomic E-state index is 4.79. The summed E-state index contributed by atoms with van der Waals surface area (Å²) in [7, 11) is 0. The quantitative estimate of drug-likeness (QED) is 0.760. The average Bonchev–Trinajstić information content (AvgIpc) is 3.03. The predicted molar refractivity (Wildman–Crippen MR) is 89.5 cm³/mol. The van der Waals surface area contributed by atoms with Crippen molar-refractivity contribution in [2.24, 2.45) is 4.99 Å². The van der Waals surface area contributed by atoms with Gasteiger partial charge in [-0.2, -0.15) is 5.10 Å². The Kier molecular flexibility index (Phi) is 3.20. The highest BCUT2D eigenvalue weighted by Gasteiger charge is 2.15. The van der Waals surface area contributed by atoms with Crippen LogP contribution in [-0.4, -0.2) is 29.0 Å². The maximum Gasteiger partial charge on any atom is 0.0740 e. The first-order valence-electron chi connectivity index (χ1n) is 7.39. The van der Waals surface area contributed by atoms with E-state index in [1.165, 1.54) is 0 Å². The maximum atomic E-state index is 4.79. The Labute approximate surface area is 128 Å². The number of benzodiazepines with no additional fused rings is 1. The van der Waals surface area contributed by atoms with Crippen LogP contribution in [0.25, 0.3) is 11.1 Å². The molecule has 0 radical (unpaired) electrons. The third-order valence-electron chi connectivity index (χ3n) is 3.85. The lowest BCUT2D eigenvalue weighted by Crippen LogP contribution is -2.05. The molecule has 1 aliphatic heterocycles. The Morgan fingerprint density at radius 1 is 0.909 bits per heavy atom. The van der Waals surface area contributed by atoms with Crippen molar-refractivity contribution in [2.45, 2.75) is 0 Å². The number of rotatable bonds is 2. The number of aromatic nitrogens is 2. The van der Waals surface area contributed by atoms with Crippen molar-refractivity contribution in [3.63, 3.8) is 0 Å². The number of nitrogens with one attached hydrogen (secondary N) is 2. The molecule has 0 saturated carbocycles. The standard InChI is InChI=1S/C18H16N4/c1-2-4-13(5-3-1)18-16-10-14(15-11-21-22-12-15)6-7-17(16)19-8-9-20-18/h1-7,10-12,19H,8-9H2,(H,21,22). The Morgan fingerprint density at radius 2 is 1.82 bits per heavy atom. The smallest absolute Gasteiger partial charge is 0.0740 e. The Balaban J connectivity index is 1.87. The summed E-state index contributed by atoms with van der Waals surface area (Å²) in [5, 5.41) is 10.4. The summed E-state index contributed by atoms with van der Waals surface area (Å²) in [6.45, 7) is 1.63. The molecular formula is C18H16N4. The number of hydrogen-bond donors (Lipinski definition) is 2. The molecule has 0 spiro atoms. The normalized spacial score (nSPS) is 13.7. The Morgan fingerprint density at radius 3 is 2.64 bits per heavy atom. The summed E-state index contributed by atoms with van der Waals surface area (Å²) in [5.41, 5.74) is 6.69. The summed E-state index contributed by atoms with van der Waals surface area (Å²) in [4.78, 5) is 4.79. The van der Waals surface area contributed by atoms with Gasteiger partial charge in [-0.1, -0.05) is 36.4 Å².